The van der Waals surface area contributed by atoms with Gasteiger partial charge in [-0.3, -0.25) is 4.79 Å². The smallest absolute Gasteiger partial charge is 0.255 e. The Balaban J connectivity index is 2.02. The van der Waals surface area contributed by atoms with Gasteiger partial charge in [0.1, 0.15) is 5.82 Å². The molecule has 0 aliphatic heterocycles. The molecule has 0 fully saturated rings. The molecule has 0 bridgehead atoms. The van der Waals surface area contributed by atoms with Crippen LogP contribution >= 0.6 is 0 Å². The van der Waals surface area contributed by atoms with Crippen molar-refractivity contribution in [2.75, 3.05) is 17.2 Å². The van der Waals surface area contributed by atoms with Gasteiger partial charge in [0.2, 0.25) is 0 Å². The third-order valence-corrected chi connectivity index (χ3v) is 3.20. The Kier molecular flexibility index (Phi) is 4.78. The third-order valence-electron chi connectivity index (χ3n) is 3.20. The molecule has 0 saturated heterocycles. The zero-order chi connectivity index (χ0) is 16.2. The fraction of sp³-hybridized carbons (Fsp3) is 0.294. The van der Waals surface area contributed by atoms with Gasteiger partial charge in [0.15, 0.2) is 0 Å². The molecule has 1 aromatic heterocycles. The van der Waals surface area contributed by atoms with E-state index in [1.807, 2.05) is 32.9 Å². The number of nitrogens with zero attached hydrogens (tertiary/aromatic N) is 1. The lowest BCUT2D eigenvalue weighted by atomic mass is 10.1. The lowest BCUT2D eigenvalue weighted by Crippen LogP contribution is -2.35. The van der Waals surface area contributed by atoms with Crippen LogP contribution in [-0.4, -0.2) is 28.1 Å². The Morgan fingerprint density at radius 3 is 2.41 bits per heavy atom. The Bertz CT molecular complexity index is 634. The molecule has 5 nitrogen and oxygen atoms in total. The predicted molar refractivity (Wildman–Crippen MR) is 88.2 cm³/mol. The molecule has 0 atom stereocenters. The summed E-state index contributed by atoms with van der Waals surface area (Å²) in [5.74, 6) is 0.477. The van der Waals surface area contributed by atoms with Crippen LogP contribution in [0.3, 0.4) is 0 Å². The zero-order valence-electron chi connectivity index (χ0n) is 13.1. The summed E-state index contributed by atoms with van der Waals surface area (Å²) < 4.78 is 0. The van der Waals surface area contributed by atoms with Crippen molar-refractivity contribution in [1.82, 2.24) is 4.98 Å². The number of anilines is 2. The highest BCUT2D eigenvalue weighted by atomic mass is 16.3. The van der Waals surface area contributed by atoms with Crippen molar-refractivity contribution in [2.45, 2.75) is 26.3 Å². The van der Waals surface area contributed by atoms with Gasteiger partial charge in [-0.2, -0.15) is 0 Å². The van der Waals surface area contributed by atoms with Crippen molar-refractivity contribution in [3.8, 4) is 0 Å². The molecular formula is C17H21N3O2. The van der Waals surface area contributed by atoms with Crippen LogP contribution in [0.5, 0.6) is 0 Å². The molecule has 1 aromatic carbocycles. The summed E-state index contributed by atoms with van der Waals surface area (Å²) >= 11 is 0. The Morgan fingerprint density at radius 1 is 1.18 bits per heavy atom. The number of hydrogen-bond donors (Lipinski definition) is 3. The van der Waals surface area contributed by atoms with Gasteiger partial charge in [-0.1, -0.05) is 17.7 Å². The number of aliphatic hydroxyl groups is 1. The van der Waals surface area contributed by atoms with E-state index in [-0.39, 0.29) is 12.5 Å². The summed E-state index contributed by atoms with van der Waals surface area (Å²) in [5, 5.41) is 15.1. The second-order valence-corrected chi connectivity index (χ2v) is 5.92. The van der Waals surface area contributed by atoms with E-state index in [0.29, 0.717) is 17.1 Å². The van der Waals surface area contributed by atoms with Gasteiger partial charge in [-0.25, -0.2) is 4.98 Å². The summed E-state index contributed by atoms with van der Waals surface area (Å²) in [5.41, 5.74) is 1.90. The van der Waals surface area contributed by atoms with Gasteiger partial charge < -0.3 is 15.7 Å². The number of aromatic nitrogens is 1. The minimum atomic E-state index is -0.445. The van der Waals surface area contributed by atoms with E-state index in [1.54, 1.807) is 30.5 Å². The Hall–Kier alpha value is -2.40. The number of benzene rings is 1. The number of carbonyl (C=O) groups is 1. The highest BCUT2D eigenvalue weighted by molar-refractivity contribution is 6.04. The predicted octanol–water partition coefficient (Wildman–Crippen LogP) is 2.83. The normalized spacial score (nSPS) is 11.1. The van der Waals surface area contributed by atoms with E-state index in [4.69, 9.17) is 0 Å². The summed E-state index contributed by atoms with van der Waals surface area (Å²) in [6, 6.07) is 10.9. The van der Waals surface area contributed by atoms with Crippen LogP contribution < -0.4 is 10.6 Å². The van der Waals surface area contributed by atoms with Gasteiger partial charge in [-0.05, 0) is 45.0 Å². The van der Waals surface area contributed by atoms with Crippen LogP contribution in [0.4, 0.5) is 11.5 Å². The lowest BCUT2D eigenvalue weighted by Gasteiger charge is -2.24. The maximum atomic E-state index is 12.1. The van der Waals surface area contributed by atoms with Crippen molar-refractivity contribution >= 4 is 17.4 Å². The number of pyridine rings is 1. The first kappa shape index (κ1) is 16.0. The molecule has 5 heteroatoms. The molecule has 0 aliphatic rings. The number of carbonyl (C=O) groups excluding carboxylic acids is 1. The number of aryl methyl sites for hydroxylation is 1. The standard InChI is InChI=1S/C17H21N3O2/c1-12-4-6-13(7-5-12)16(22)19-14-8-9-15(18-10-14)20-17(2,3)11-21/h4-10,21H,11H2,1-3H3,(H,18,20)(H,19,22). The summed E-state index contributed by atoms with van der Waals surface area (Å²) in [6.45, 7) is 5.73. The molecule has 3 N–H and O–H groups in total. The maximum absolute atomic E-state index is 12.1. The number of aliphatic hydroxyl groups excluding tert-OH is 1. The summed E-state index contributed by atoms with van der Waals surface area (Å²) in [4.78, 5) is 16.3. The fourth-order valence-corrected chi connectivity index (χ4v) is 1.84. The highest BCUT2D eigenvalue weighted by Gasteiger charge is 2.16. The van der Waals surface area contributed by atoms with Crippen LogP contribution in [0, 0.1) is 6.92 Å². The quantitative estimate of drug-likeness (QED) is 0.793. The van der Waals surface area contributed by atoms with Crippen molar-refractivity contribution in [3.05, 3.63) is 53.7 Å². The Labute approximate surface area is 130 Å². The van der Waals surface area contributed by atoms with E-state index >= 15 is 0 Å². The molecule has 0 unspecified atom stereocenters. The molecule has 1 amide bonds. The summed E-state index contributed by atoms with van der Waals surface area (Å²) in [7, 11) is 0. The zero-order valence-corrected chi connectivity index (χ0v) is 13.1. The molecule has 2 aromatic rings. The van der Waals surface area contributed by atoms with Crippen LogP contribution in [0.2, 0.25) is 0 Å². The number of hydrogen-bond acceptors (Lipinski definition) is 4. The number of nitrogens with one attached hydrogen (secondary N) is 2. The first-order chi connectivity index (χ1) is 10.4. The van der Waals surface area contributed by atoms with E-state index < -0.39 is 5.54 Å². The van der Waals surface area contributed by atoms with Crippen molar-refractivity contribution in [1.29, 1.82) is 0 Å². The third kappa shape index (κ3) is 4.30. The molecule has 116 valence electrons. The minimum Gasteiger partial charge on any atom is -0.394 e. The first-order valence-corrected chi connectivity index (χ1v) is 7.13. The average molecular weight is 299 g/mol. The molecule has 0 aliphatic carbocycles. The largest absolute Gasteiger partial charge is 0.394 e. The second-order valence-electron chi connectivity index (χ2n) is 5.92. The minimum absolute atomic E-state index is 0.000587. The SMILES string of the molecule is Cc1ccc(C(=O)Nc2ccc(NC(C)(C)CO)nc2)cc1. The Morgan fingerprint density at radius 2 is 1.86 bits per heavy atom. The monoisotopic (exact) mass is 299 g/mol. The average Bonchev–Trinajstić information content (AvgIpc) is 2.49. The van der Waals surface area contributed by atoms with Crippen LogP contribution in [0.1, 0.15) is 29.8 Å². The van der Waals surface area contributed by atoms with Crippen LogP contribution in [-0.2, 0) is 0 Å². The van der Waals surface area contributed by atoms with Gasteiger partial charge in [-0.15, -0.1) is 0 Å². The molecule has 22 heavy (non-hydrogen) atoms. The molecule has 0 spiro atoms. The van der Waals surface area contributed by atoms with Crippen molar-refractivity contribution in [3.63, 3.8) is 0 Å². The molecule has 0 saturated carbocycles. The van der Waals surface area contributed by atoms with E-state index in [0.717, 1.165) is 5.56 Å². The van der Waals surface area contributed by atoms with Gasteiger partial charge in [0.05, 0.1) is 24.0 Å². The fourth-order valence-electron chi connectivity index (χ4n) is 1.84. The van der Waals surface area contributed by atoms with E-state index in [1.165, 1.54) is 0 Å². The van der Waals surface area contributed by atoms with Crippen molar-refractivity contribution < 1.29 is 9.90 Å². The van der Waals surface area contributed by atoms with E-state index in [9.17, 15) is 9.90 Å². The first-order valence-electron chi connectivity index (χ1n) is 7.13. The summed E-state index contributed by atoms with van der Waals surface area (Å²) in [6.07, 6.45) is 1.59. The molecule has 1 heterocycles. The molecule has 0 radical (unpaired) electrons. The van der Waals surface area contributed by atoms with Gasteiger partial charge in [0.25, 0.3) is 5.91 Å². The molecular weight excluding hydrogens is 278 g/mol. The van der Waals surface area contributed by atoms with Crippen molar-refractivity contribution in [2.24, 2.45) is 0 Å². The lowest BCUT2D eigenvalue weighted by molar-refractivity contribution is 0.102. The van der Waals surface area contributed by atoms with E-state index in [2.05, 4.69) is 15.6 Å². The number of rotatable bonds is 5. The van der Waals surface area contributed by atoms with Gasteiger partial charge >= 0.3 is 0 Å². The van der Waals surface area contributed by atoms with Crippen LogP contribution in [0.25, 0.3) is 0 Å². The topological polar surface area (TPSA) is 74.2 Å². The van der Waals surface area contributed by atoms with Crippen LogP contribution in [0.15, 0.2) is 42.6 Å². The molecule has 2 rings (SSSR count). The highest BCUT2D eigenvalue weighted by Crippen LogP contribution is 2.15. The van der Waals surface area contributed by atoms with Gasteiger partial charge in [0, 0.05) is 5.56 Å². The maximum Gasteiger partial charge on any atom is 0.255 e. The number of amides is 1. The second kappa shape index (κ2) is 6.58.